The number of hydrogen-bond acceptors (Lipinski definition) is 6. The number of carbonyl (C=O) groups is 1. The first-order chi connectivity index (χ1) is 12.1. The zero-order valence-electron chi connectivity index (χ0n) is 16.4. The molecule has 0 atom stereocenters. The lowest BCUT2D eigenvalue weighted by molar-refractivity contribution is -0.132. The molecule has 7 nitrogen and oxygen atoms in total. The van der Waals surface area contributed by atoms with Crippen molar-refractivity contribution < 1.29 is 19.0 Å². The van der Waals surface area contributed by atoms with E-state index in [1.54, 1.807) is 21.3 Å². The molecule has 156 valence electrons. The van der Waals surface area contributed by atoms with E-state index in [0.717, 1.165) is 44.8 Å². The summed E-state index contributed by atoms with van der Waals surface area (Å²) in [7, 11) is 6.72. The summed E-state index contributed by atoms with van der Waals surface area (Å²) in [6.07, 6.45) is 0.556. The van der Waals surface area contributed by atoms with Crippen molar-refractivity contribution in [2.24, 2.45) is 0 Å². The van der Waals surface area contributed by atoms with Crippen LogP contribution in [0.15, 0.2) is 12.1 Å². The summed E-state index contributed by atoms with van der Waals surface area (Å²) < 4.78 is 16.3. The van der Waals surface area contributed by atoms with Gasteiger partial charge in [0.25, 0.3) is 0 Å². The van der Waals surface area contributed by atoms with Gasteiger partial charge >= 0.3 is 0 Å². The molecule has 0 spiro atoms. The summed E-state index contributed by atoms with van der Waals surface area (Å²) in [5.74, 6) is 2.19. The van der Waals surface area contributed by atoms with Crippen LogP contribution in [0.3, 0.4) is 0 Å². The zero-order valence-corrected chi connectivity index (χ0v) is 18.1. The van der Waals surface area contributed by atoms with Crippen LogP contribution in [0.4, 0.5) is 0 Å². The van der Waals surface area contributed by atoms with Crippen molar-refractivity contribution in [1.82, 2.24) is 15.1 Å². The van der Waals surface area contributed by atoms with Gasteiger partial charge in [-0.3, -0.25) is 9.69 Å². The highest BCUT2D eigenvalue weighted by atomic mass is 35.5. The number of benzene rings is 1. The third kappa shape index (κ3) is 6.60. The molecule has 1 amide bonds. The van der Waals surface area contributed by atoms with E-state index in [9.17, 15) is 4.79 Å². The first-order valence-electron chi connectivity index (χ1n) is 8.57. The highest BCUT2D eigenvalue weighted by Gasteiger charge is 2.23. The number of nitrogens with zero attached hydrogens (tertiary/aromatic N) is 2. The fourth-order valence-corrected chi connectivity index (χ4v) is 3.07. The zero-order chi connectivity index (χ0) is 18.2. The molecule has 1 aromatic carbocycles. The Bertz CT molecular complexity index is 582. The number of hydrogen-bond donors (Lipinski definition) is 1. The van der Waals surface area contributed by atoms with E-state index in [4.69, 9.17) is 14.2 Å². The molecular weight excluding hydrogens is 393 g/mol. The second kappa shape index (κ2) is 12.9. The third-order valence-electron chi connectivity index (χ3n) is 4.49. The van der Waals surface area contributed by atoms with Crippen LogP contribution < -0.4 is 19.5 Å². The van der Waals surface area contributed by atoms with Gasteiger partial charge in [-0.1, -0.05) is 6.07 Å². The van der Waals surface area contributed by atoms with E-state index in [1.807, 2.05) is 24.1 Å². The van der Waals surface area contributed by atoms with E-state index < -0.39 is 0 Å². The van der Waals surface area contributed by atoms with E-state index in [0.29, 0.717) is 23.7 Å². The van der Waals surface area contributed by atoms with Gasteiger partial charge in [0, 0.05) is 51.3 Å². The quantitative estimate of drug-likeness (QED) is 0.687. The molecule has 0 bridgehead atoms. The van der Waals surface area contributed by atoms with Crippen LogP contribution in [0.1, 0.15) is 12.0 Å². The number of nitrogens with one attached hydrogen (secondary N) is 1. The highest BCUT2D eigenvalue weighted by Crippen LogP contribution is 2.40. The topological polar surface area (TPSA) is 63.3 Å². The average molecular weight is 424 g/mol. The number of halogens is 2. The van der Waals surface area contributed by atoms with Crippen LogP contribution >= 0.6 is 24.8 Å². The minimum absolute atomic E-state index is 0. The lowest BCUT2D eigenvalue weighted by Crippen LogP contribution is -2.48. The molecular formula is C18H31Cl2N3O4. The number of ether oxygens (including phenoxy) is 3. The predicted molar refractivity (Wildman–Crippen MR) is 111 cm³/mol. The van der Waals surface area contributed by atoms with Gasteiger partial charge in [-0.15, -0.1) is 24.8 Å². The van der Waals surface area contributed by atoms with Crippen molar-refractivity contribution in [2.75, 3.05) is 61.1 Å². The Morgan fingerprint density at radius 1 is 1.00 bits per heavy atom. The van der Waals surface area contributed by atoms with E-state index in [2.05, 4.69) is 10.2 Å². The molecule has 0 saturated carbocycles. The van der Waals surface area contributed by atoms with Gasteiger partial charge in [0.15, 0.2) is 11.5 Å². The number of rotatable bonds is 8. The Kier molecular flexibility index (Phi) is 12.2. The summed E-state index contributed by atoms with van der Waals surface area (Å²) in [6.45, 7) is 4.70. The number of piperazine rings is 1. The molecule has 1 N–H and O–H groups in total. The average Bonchev–Trinajstić information content (AvgIpc) is 2.66. The Morgan fingerprint density at radius 2 is 1.63 bits per heavy atom. The largest absolute Gasteiger partial charge is 0.493 e. The first kappa shape index (κ1) is 25.6. The van der Waals surface area contributed by atoms with Crippen LogP contribution in [-0.4, -0.2) is 76.8 Å². The van der Waals surface area contributed by atoms with Gasteiger partial charge in [0.1, 0.15) is 0 Å². The predicted octanol–water partition coefficient (Wildman–Crippen LogP) is 1.81. The van der Waals surface area contributed by atoms with Gasteiger partial charge < -0.3 is 24.4 Å². The molecule has 1 aromatic rings. The van der Waals surface area contributed by atoms with Gasteiger partial charge in [-0.25, -0.2) is 0 Å². The standard InChI is InChI=1S/C18H29N3O4.2ClH/c1-19-8-7-16(22)21-11-9-20(10-12-21)13-14-5-6-15(23-2)18(25-4)17(14)24-3;;/h5-6,19H,7-13H2,1-4H3;2*1H. The number of methoxy groups -OCH3 is 3. The van der Waals surface area contributed by atoms with Gasteiger partial charge in [0.2, 0.25) is 11.7 Å². The molecule has 2 rings (SSSR count). The maximum absolute atomic E-state index is 12.1. The van der Waals surface area contributed by atoms with Crippen LogP contribution in [0.2, 0.25) is 0 Å². The van der Waals surface area contributed by atoms with Gasteiger partial charge in [0.05, 0.1) is 21.3 Å². The normalized spacial score (nSPS) is 14.0. The molecule has 0 radical (unpaired) electrons. The third-order valence-corrected chi connectivity index (χ3v) is 4.49. The lowest BCUT2D eigenvalue weighted by Gasteiger charge is -2.35. The molecule has 1 saturated heterocycles. The Labute approximate surface area is 174 Å². The van der Waals surface area contributed by atoms with Crippen molar-refractivity contribution in [3.05, 3.63) is 17.7 Å². The second-order valence-corrected chi connectivity index (χ2v) is 6.00. The molecule has 1 aliphatic heterocycles. The SMILES string of the molecule is CNCCC(=O)N1CCN(Cc2ccc(OC)c(OC)c2OC)CC1.Cl.Cl. The molecule has 0 aromatic heterocycles. The van der Waals surface area contributed by atoms with E-state index in [-0.39, 0.29) is 30.7 Å². The van der Waals surface area contributed by atoms with Gasteiger partial charge in [-0.2, -0.15) is 0 Å². The Balaban J connectivity index is 0.00000338. The van der Waals surface area contributed by atoms with Crippen molar-refractivity contribution in [3.63, 3.8) is 0 Å². The first-order valence-corrected chi connectivity index (χ1v) is 8.57. The Hall–Kier alpha value is -1.41. The maximum Gasteiger partial charge on any atom is 0.223 e. The highest BCUT2D eigenvalue weighted by molar-refractivity contribution is 5.85. The van der Waals surface area contributed by atoms with Crippen LogP contribution in [0, 0.1) is 0 Å². The summed E-state index contributed by atoms with van der Waals surface area (Å²) in [4.78, 5) is 16.4. The summed E-state index contributed by atoms with van der Waals surface area (Å²) >= 11 is 0. The Morgan fingerprint density at radius 3 is 2.15 bits per heavy atom. The van der Waals surface area contributed by atoms with Crippen LogP contribution in [0.25, 0.3) is 0 Å². The molecule has 1 fully saturated rings. The monoisotopic (exact) mass is 423 g/mol. The fourth-order valence-electron chi connectivity index (χ4n) is 3.07. The molecule has 1 heterocycles. The van der Waals surface area contributed by atoms with E-state index >= 15 is 0 Å². The minimum atomic E-state index is 0. The molecule has 0 unspecified atom stereocenters. The van der Waals surface area contributed by atoms with Crippen LogP contribution in [-0.2, 0) is 11.3 Å². The van der Waals surface area contributed by atoms with Gasteiger partial charge in [-0.05, 0) is 13.1 Å². The molecule has 27 heavy (non-hydrogen) atoms. The minimum Gasteiger partial charge on any atom is -0.493 e. The lowest BCUT2D eigenvalue weighted by atomic mass is 10.1. The van der Waals surface area contributed by atoms with Crippen molar-refractivity contribution in [3.8, 4) is 17.2 Å². The van der Waals surface area contributed by atoms with Crippen molar-refractivity contribution in [1.29, 1.82) is 0 Å². The van der Waals surface area contributed by atoms with Crippen molar-refractivity contribution in [2.45, 2.75) is 13.0 Å². The molecule has 0 aliphatic carbocycles. The summed E-state index contributed by atoms with van der Waals surface area (Å²) in [6, 6.07) is 3.90. The number of amides is 1. The van der Waals surface area contributed by atoms with E-state index in [1.165, 1.54) is 0 Å². The fraction of sp³-hybridized carbons (Fsp3) is 0.611. The smallest absolute Gasteiger partial charge is 0.223 e. The summed E-state index contributed by atoms with van der Waals surface area (Å²) in [5.41, 5.74) is 1.05. The maximum atomic E-state index is 12.1. The second-order valence-electron chi connectivity index (χ2n) is 6.00. The molecule has 1 aliphatic rings. The number of carbonyl (C=O) groups excluding carboxylic acids is 1. The van der Waals surface area contributed by atoms with Crippen LogP contribution in [0.5, 0.6) is 17.2 Å². The molecule has 9 heteroatoms. The van der Waals surface area contributed by atoms with Crippen molar-refractivity contribution >= 4 is 30.7 Å². The summed E-state index contributed by atoms with van der Waals surface area (Å²) in [5, 5.41) is 3.02.